The lowest BCUT2D eigenvalue weighted by Gasteiger charge is -2.55. The van der Waals surface area contributed by atoms with E-state index in [1.807, 2.05) is 12.1 Å². The van der Waals surface area contributed by atoms with Crippen molar-refractivity contribution in [1.29, 1.82) is 0 Å². The Morgan fingerprint density at radius 1 is 1.05 bits per heavy atom. The molecule has 0 unspecified atom stereocenters. The fourth-order valence-electron chi connectivity index (χ4n) is 3.95. The molecule has 0 saturated heterocycles. The Bertz CT molecular complexity index is 396. The van der Waals surface area contributed by atoms with Crippen molar-refractivity contribution in [3.63, 3.8) is 0 Å². The van der Waals surface area contributed by atoms with Crippen LogP contribution in [0.5, 0.6) is 5.75 Å². The van der Waals surface area contributed by atoms with E-state index in [-0.39, 0.29) is 5.54 Å². The van der Waals surface area contributed by atoms with Crippen LogP contribution in [0, 0.1) is 5.41 Å². The van der Waals surface area contributed by atoms with Gasteiger partial charge in [0.2, 0.25) is 0 Å². The summed E-state index contributed by atoms with van der Waals surface area (Å²) >= 11 is 0. The van der Waals surface area contributed by atoms with Gasteiger partial charge in [-0.25, -0.2) is 0 Å². The second-order valence-corrected chi connectivity index (χ2v) is 6.24. The van der Waals surface area contributed by atoms with E-state index in [9.17, 15) is 0 Å². The zero-order chi connectivity index (χ0) is 13.9. The van der Waals surface area contributed by atoms with Crippen LogP contribution in [0.2, 0.25) is 0 Å². The number of nitrogens with two attached hydrogens (primary N) is 1. The van der Waals surface area contributed by atoms with Gasteiger partial charge >= 0.3 is 0 Å². The summed E-state index contributed by atoms with van der Waals surface area (Å²) in [7, 11) is 1.70. The molecule has 0 spiro atoms. The van der Waals surface area contributed by atoms with Crippen molar-refractivity contribution in [2.24, 2.45) is 11.1 Å². The quantitative estimate of drug-likeness (QED) is 0.831. The molecule has 1 aromatic rings. The van der Waals surface area contributed by atoms with Crippen molar-refractivity contribution < 1.29 is 4.74 Å². The predicted octanol–water partition coefficient (Wildman–Crippen LogP) is 4.23. The van der Waals surface area contributed by atoms with Crippen LogP contribution in [-0.4, -0.2) is 7.11 Å². The largest absolute Gasteiger partial charge is 0.497 e. The highest BCUT2D eigenvalue weighted by molar-refractivity contribution is 5.34. The molecule has 1 aliphatic rings. The number of ether oxygens (including phenoxy) is 1. The highest BCUT2D eigenvalue weighted by Gasteiger charge is 2.51. The van der Waals surface area contributed by atoms with Gasteiger partial charge in [-0.1, -0.05) is 38.8 Å². The average Bonchev–Trinajstić information content (AvgIpc) is 2.38. The molecule has 19 heavy (non-hydrogen) atoms. The first-order valence-corrected chi connectivity index (χ1v) is 7.51. The third kappa shape index (κ3) is 2.79. The van der Waals surface area contributed by atoms with E-state index in [2.05, 4.69) is 26.0 Å². The second-order valence-electron chi connectivity index (χ2n) is 6.24. The topological polar surface area (TPSA) is 35.2 Å². The van der Waals surface area contributed by atoms with E-state index < -0.39 is 0 Å². The number of rotatable bonds is 6. The normalized spacial score (nSPS) is 19.8. The summed E-state index contributed by atoms with van der Waals surface area (Å²) in [4.78, 5) is 0. The minimum atomic E-state index is -0.114. The van der Waals surface area contributed by atoms with Crippen LogP contribution < -0.4 is 10.5 Å². The van der Waals surface area contributed by atoms with Gasteiger partial charge in [0, 0.05) is 5.54 Å². The molecule has 0 amide bonds. The van der Waals surface area contributed by atoms with Crippen LogP contribution in [0.4, 0.5) is 0 Å². The van der Waals surface area contributed by atoms with Crippen LogP contribution in [0.25, 0.3) is 0 Å². The summed E-state index contributed by atoms with van der Waals surface area (Å²) in [5, 5.41) is 0. The molecule has 0 aromatic heterocycles. The van der Waals surface area contributed by atoms with Crippen LogP contribution in [0.15, 0.2) is 24.3 Å². The Balaban J connectivity index is 2.09. The molecular formula is C17H27NO. The maximum Gasteiger partial charge on any atom is 0.118 e. The van der Waals surface area contributed by atoms with Gasteiger partial charge in [0.1, 0.15) is 5.75 Å². The maximum atomic E-state index is 6.61. The Morgan fingerprint density at radius 3 is 2.00 bits per heavy atom. The molecule has 0 atom stereocenters. The Morgan fingerprint density at radius 2 is 1.58 bits per heavy atom. The van der Waals surface area contributed by atoms with Crippen molar-refractivity contribution in [3.8, 4) is 5.75 Å². The summed E-state index contributed by atoms with van der Waals surface area (Å²) in [5.41, 5.74) is 8.26. The van der Waals surface area contributed by atoms with Crippen molar-refractivity contribution in [2.75, 3.05) is 7.11 Å². The number of hydrogen-bond acceptors (Lipinski definition) is 2. The first-order chi connectivity index (χ1) is 9.07. The van der Waals surface area contributed by atoms with Crippen molar-refractivity contribution in [1.82, 2.24) is 0 Å². The highest BCUT2D eigenvalue weighted by atomic mass is 16.5. The van der Waals surface area contributed by atoms with Gasteiger partial charge in [0.15, 0.2) is 0 Å². The van der Waals surface area contributed by atoms with Gasteiger partial charge in [-0.15, -0.1) is 0 Å². The third-order valence-corrected chi connectivity index (χ3v) is 4.61. The smallest absolute Gasteiger partial charge is 0.118 e. The highest BCUT2D eigenvalue weighted by Crippen LogP contribution is 2.57. The zero-order valence-corrected chi connectivity index (χ0v) is 12.5. The molecular weight excluding hydrogens is 234 g/mol. The van der Waals surface area contributed by atoms with Gasteiger partial charge in [0.25, 0.3) is 0 Å². The van der Waals surface area contributed by atoms with E-state index in [1.165, 1.54) is 31.2 Å². The number of methoxy groups -OCH3 is 1. The first kappa shape index (κ1) is 14.4. The van der Waals surface area contributed by atoms with Crippen LogP contribution >= 0.6 is 0 Å². The van der Waals surface area contributed by atoms with Crippen LogP contribution in [0.3, 0.4) is 0 Å². The summed E-state index contributed by atoms with van der Waals surface area (Å²) in [5.74, 6) is 0.903. The van der Waals surface area contributed by atoms with E-state index in [1.54, 1.807) is 7.11 Å². The van der Waals surface area contributed by atoms with Crippen LogP contribution in [-0.2, 0) is 5.54 Å². The average molecular weight is 261 g/mol. The van der Waals surface area contributed by atoms with E-state index in [0.29, 0.717) is 5.41 Å². The summed E-state index contributed by atoms with van der Waals surface area (Å²) in [6.45, 7) is 4.56. The number of benzene rings is 1. The Labute approximate surface area is 117 Å². The van der Waals surface area contributed by atoms with E-state index >= 15 is 0 Å². The lowest BCUT2D eigenvalue weighted by molar-refractivity contribution is 0.00621. The molecule has 0 heterocycles. The third-order valence-electron chi connectivity index (χ3n) is 4.61. The van der Waals surface area contributed by atoms with Crippen molar-refractivity contribution >= 4 is 0 Å². The van der Waals surface area contributed by atoms with Crippen LogP contribution in [0.1, 0.15) is 57.9 Å². The van der Waals surface area contributed by atoms with Gasteiger partial charge in [0.05, 0.1) is 7.11 Å². The fourth-order valence-corrected chi connectivity index (χ4v) is 3.95. The van der Waals surface area contributed by atoms with Crippen molar-refractivity contribution in [3.05, 3.63) is 29.8 Å². The monoisotopic (exact) mass is 261 g/mol. The van der Waals surface area contributed by atoms with Gasteiger partial charge in [-0.05, 0) is 48.8 Å². The molecule has 106 valence electrons. The second kappa shape index (κ2) is 5.54. The predicted molar refractivity (Wildman–Crippen MR) is 80.3 cm³/mol. The van der Waals surface area contributed by atoms with Gasteiger partial charge < -0.3 is 10.5 Å². The van der Waals surface area contributed by atoms with Gasteiger partial charge in [-0.2, -0.15) is 0 Å². The Hall–Kier alpha value is -1.02. The minimum absolute atomic E-state index is 0.114. The lowest BCUT2D eigenvalue weighted by atomic mass is 9.52. The molecule has 2 heteroatoms. The first-order valence-electron chi connectivity index (χ1n) is 7.51. The molecule has 1 fully saturated rings. The molecule has 0 aliphatic heterocycles. The molecule has 2 nitrogen and oxygen atoms in total. The minimum Gasteiger partial charge on any atom is -0.497 e. The summed E-state index contributed by atoms with van der Waals surface area (Å²) < 4.78 is 5.21. The van der Waals surface area contributed by atoms with E-state index in [4.69, 9.17) is 10.5 Å². The van der Waals surface area contributed by atoms with E-state index in [0.717, 1.165) is 18.6 Å². The summed E-state index contributed by atoms with van der Waals surface area (Å²) in [6.07, 6.45) is 7.42. The zero-order valence-electron chi connectivity index (χ0n) is 12.5. The summed E-state index contributed by atoms with van der Waals surface area (Å²) in [6, 6.07) is 8.29. The molecule has 0 bridgehead atoms. The standard InChI is InChI=1S/C17H27NO/c1-4-10-16(11-5-2)12-17(18,13-16)14-6-8-15(19-3)9-7-14/h6-9H,4-5,10-13,18H2,1-3H3. The van der Waals surface area contributed by atoms with Crippen molar-refractivity contribution in [2.45, 2.75) is 57.9 Å². The molecule has 0 radical (unpaired) electrons. The van der Waals surface area contributed by atoms with Gasteiger partial charge in [-0.3, -0.25) is 0 Å². The Kier molecular flexibility index (Phi) is 4.19. The maximum absolute atomic E-state index is 6.61. The molecule has 2 N–H and O–H groups in total. The molecule has 1 aliphatic carbocycles. The lowest BCUT2D eigenvalue weighted by Crippen LogP contribution is -2.55. The number of hydrogen-bond donors (Lipinski definition) is 1. The molecule has 1 saturated carbocycles. The SMILES string of the molecule is CCCC1(CCC)CC(N)(c2ccc(OC)cc2)C1. The molecule has 1 aromatic carbocycles. The fraction of sp³-hybridized carbons (Fsp3) is 0.647. The molecule has 2 rings (SSSR count).